The fourth-order valence-corrected chi connectivity index (χ4v) is 6.84. The highest BCUT2D eigenvalue weighted by molar-refractivity contribution is 5.93. The minimum atomic E-state index is -1.19. The lowest BCUT2D eigenvalue weighted by Crippen LogP contribution is -2.59. The van der Waals surface area contributed by atoms with E-state index in [1.54, 1.807) is 27.7 Å². The monoisotopic (exact) mass is 800 g/mol. The quantitative estimate of drug-likeness (QED) is 0.0780. The molecule has 3 rings (SSSR count). The van der Waals surface area contributed by atoms with Gasteiger partial charge in [-0.3, -0.25) is 24.0 Å². The summed E-state index contributed by atoms with van der Waals surface area (Å²) in [5.74, 6) is -4.21. The number of carboxylic acid groups (broad SMARTS) is 1. The van der Waals surface area contributed by atoms with Crippen LogP contribution in [-0.2, 0) is 41.6 Å². The first-order chi connectivity index (χ1) is 27.4. The molecule has 0 heterocycles. The van der Waals surface area contributed by atoms with Crippen LogP contribution in [0, 0.1) is 23.7 Å². The summed E-state index contributed by atoms with van der Waals surface area (Å²) in [7, 11) is 0. The smallest absolute Gasteiger partial charge is 0.326 e. The molecule has 0 saturated carbocycles. The summed E-state index contributed by atoms with van der Waals surface area (Å²) in [6.45, 7) is 14.7. The number of rotatable bonds is 22. The van der Waals surface area contributed by atoms with Gasteiger partial charge >= 0.3 is 5.97 Å². The topological polar surface area (TPSA) is 209 Å². The Morgan fingerprint density at radius 2 is 1.12 bits per heavy atom. The van der Waals surface area contributed by atoms with Crippen LogP contribution in [0.3, 0.4) is 0 Å². The van der Waals surface area contributed by atoms with Gasteiger partial charge in [-0.2, -0.15) is 0 Å². The molecule has 5 amide bonds. The summed E-state index contributed by atoms with van der Waals surface area (Å²) in [6.07, 6.45) is 0.690. The minimum Gasteiger partial charge on any atom is -0.480 e. The van der Waals surface area contributed by atoms with Crippen LogP contribution in [0.1, 0.15) is 85.8 Å². The molecule has 0 radical (unpaired) electrons. The average molecular weight is 801 g/mol. The van der Waals surface area contributed by atoms with E-state index in [9.17, 15) is 33.9 Å². The highest BCUT2D eigenvalue weighted by Crippen LogP contribution is 2.21. The van der Waals surface area contributed by atoms with Crippen LogP contribution in [0.4, 0.5) is 0 Å². The lowest BCUT2D eigenvalue weighted by Gasteiger charge is -2.30. The Kier molecular flexibility index (Phi) is 18.3. The molecule has 0 aliphatic carbocycles. The summed E-state index contributed by atoms with van der Waals surface area (Å²) < 4.78 is 0. The zero-order chi connectivity index (χ0) is 43.1. The van der Waals surface area contributed by atoms with Gasteiger partial charge in [-0.25, -0.2) is 4.79 Å². The van der Waals surface area contributed by atoms with E-state index in [4.69, 9.17) is 5.73 Å². The van der Waals surface area contributed by atoms with Crippen molar-refractivity contribution in [2.45, 2.75) is 124 Å². The summed E-state index contributed by atoms with van der Waals surface area (Å²) in [4.78, 5) is 79.9. The zero-order valence-electron chi connectivity index (χ0n) is 35.2. The second kappa shape index (κ2) is 22.6. The van der Waals surface area contributed by atoms with Gasteiger partial charge in [0.15, 0.2) is 0 Å². The summed E-state index contributed by atoms with van der Waals surface area (Å²) in [6, 6.07) is 16.7. The van der Waals surface area contributed by atoms with Crippen molar-refractivity contribution in [3.8, 4) is 0 Å². The third kappa shape index (κ3) is 14.9. The summed E-state index contributed by atoms with van der Waals surface area (Å²) >= 11 is 0. The Morgan fingerprint density at radius 1 is 0.569 bits per heavy atom. The molecule has 13 nitrogen and oxygen atoms in total. The molecule has 0 unspecified atom stereocenters. The van der Waals surface area contributed by atoms with Crippen molar-refractivity contribution >= 4 is 46.3 Å². The van der Waals surface area contributed by atoms with Gasteiger partial charge in [0, 0.05) is 31.3 Å². The van der Waals surface area contributed by atoms with Gasteiger partial charge in [0.05, 0.1) is 0 Å². The van der Waals surface area contributed by atoms with Gasteiger partial charge in [-0.1, -0.05) is 128 Å². The van der Waals surface area contributed by atoms with E-state index >= 15 is 0 Å². The van der Waals surface area contributed by atoms with E-state index in [2.05, 4.69) is 26.6 Å². The van der Waals surface area contributed by atoms with E-state index < -0.39 is 71.8 Å². The van der Waals surface area contributed by atoms with Crippen molar-refractivity contribution in [1.29, 1.82) is 0 Å². The predicted octanol–water partition coefficient (Wildman–Crippen LogP) is 4.26. The minimum absolute atomic E-state index is 0.0777. The number of hydrogen-bond donors (Lipinski definition) is 7. The Morgan fingerprint density at radius 3 is 1.72 bits per heavy atom. The number of benzene rings is 3. The molecule has 0 spiro atoms. The van der Waals surface area contributed by atoms with Crippen molar-refractivity contribution in [2.24, 2.45) is 29.4 Å². The fourth-order valence-electron chi connectivity index (χ4n) is 6.84. The van der Waals surface area contributed by atoms with E-state index in [1.807, 2.05) is 100 Å². The first-order valence-corrected chi connectivity index (χ1v) is 20.3. The molecule has 3 aromatic rings. The predicted molar refractivity (Wildman–Crippen MR) is 226 cm³/mol. The molecule has 13 heteroatoms. The first kappa shape index (κ1) is 47.1. The normalized spacial score (nSPS) is 14.6. The maximum atomic E-state index is 14.0. The Balaban J connectivity index is 1.86. The zero-order valence-corrected chi connectivity index (χ0v) is 35.2. The molecule has 0 aliphatic rings. The average Bonchev–Trinajstić information content (AvgIpc) is 3.14. The number of carbonyl (C=O) groups is 6. The number of amides is 5. The molecule has 0 saturated heterocycles. The molecular weight excluding hydrogens is 737 g/mol. The van der Waals surface area contributed by atoms with E-state index in [1.165, 1.54) is 0 Å². The molecule has 3 aromatic carbocycles. The largest absolute Gasteiger partial charge is 0.480 e. The van der Waals surface area contributed by atoms with Crippen LogP contribution in [0.5, 0.6) is 0 Å². The lowest BCUT2D eigenvalue weighted by molar-refractivity contribution is -0.143. The van der Waals surface area contributed by atoms with Gasteiger partial charge in [0.25, 0.3) is 0 Å². The third-order valence-corrected chi connectivity index (χ3v) is 9.95. The van der Waals surface area contributed by atoms with E-state index in [-0.39, 0.29) is 49.3 Å². The number of hydrogen-bond acceptors (Lipinski definition) is 7. The Hall–Kier alpha value is -5.30. The van der Waals surface area contributed by atoms with Crippen molar-refractivity contribution < 1.29 is 33.9 Å². The number of carboxylic acids is 1. The SMILES string of the molecule is CC(C)CC(=O)N[C@@H](CC(C)C)C(=O)N[C@H](C(=O)N[C@@H](Cc1ccccc1)[C@@H](N)CC(=O)N[C@@H](Cc1cccc2ccccc12)C(=O)N[C@H](C(=O)O)C(C)C)C(C)C. The van der Waals surface area contributed by atoms with Crippen LogP contribution in [0.2, 0.25) is 0 Å². The molecule has 316 valence electrons. The molecule has 0 aromatic heterocycles. The van der Waals surface area contributed by atoms with Crippen LogP contribution < -0.4 is 32.3 Å². The number of fused-ring (bicyclic) bond motifs is 1. The molecule has 0 aliphatic heterocycles. The molecule has 0 bridgehead atoms. The highest BCUT2D eigenvalue weighted by Gasteiger charge is 2.34. The summed E-state index contributed by atoms with van der Waals surface area (Å²) in [5.41, 5.74) is 8.37. The number of aliphatic carboxylic acids is 1. The molecule has 58 heavy (non-hydrogen) atoms. The Labute approximate surface area is 343 Å². The first-order valence-electron chi connectivity index (χ1n) is 20.3. The van der Waals surface area contributed by atoms with Crippen LogP contribution >= 0.6 is 0 Å². The maximum Gasteiger partial charge on any atom is 0.326 e. The van der Waals surface area contributed by atoms with Crippen LogP contribution in [0.15, 0.2) is 72.8 Å². The maximum absolute atomic E-state index is 14.0. The van der Waals surface area contributed by atoms with E-state index in [0.717, 1.165) is 21.9 Å². The van der Waals surface area contributed by atoms with Gasteiger partial charge < -0.3 is 37.4 Å². The highest BCUT2D eigenvalue weighted by atomic mass is 16.4. The number of nitrogens with one attached hydrogen (secondary N) is 5. The second-order valence-electron chi connectivity index (χ2n) is 16.8. The molecule has 6 atom stereocenters. The Bertz CT molecular complexity index is 1840. The molecular formula is C45H64N6O7. The molecule has 8 N–H and O–H groups in total. The third-order valence-electron chi connectivity index (χ3n) is 9.95. The fraction of sp³-hybridized carbons (Fsp3) is 0.511. The van der Waals surface area contributed by atoms with Gasteiger partial charge in [0.2, 0.25) is 29.5 Å². The lowest BCUT2D eigenvalue weighted by atomic mass is 9.94. The van der Waals surface area contributed by atoms with Crippen molar-refractivity contribution in [1.82, 2.24) is 26.6 Å². The van der Waals surface area contributed by atoms with Crippen LogP contribution in [-0.4, -0.2) is 76.9 Å². The van der Waals surface area contributed by atoms with Crippen LogP contribution in [0.25, 0.3) is 10.8 Å². The summed E-state index contributed by atoms with van der Waals surface area (Å²) in [5, 5.41) is 25.8. The van der Waals surface area contributed by atoms with Gasteiger partial charge in [-0.15, -0.1) is 0 Å². The molecule has 0 fully saturated rings. The van der Waals surface area contributed by atoms with Gasteiger partial charge in [0.1, 0.15) is 24.2 Å². The van der Waals surface area contributed by atoms with Crippen molar-refractivity contribution in [3.63, 3.8) is 0 Å². The standard InChI is InChI=1S/C45H64N6O7/c1-26(2)21-36(47-38(52)22-27(3)4)42(54)50-40(28(5)6)44(56)49-35(23-30-15-10-9-11-16-30)34(46)25-39(53)48-37(43(55)51-41(29(7)8)45(57)58)24-32-19-14-18-31-17-12-13-20-33(31)32/h9-20,26-29,34-37,40-41H,21-25,46H2,1-8H3,(H,47,52)(H,48,53)(H,49,56)(H,50,54)(H,51,55)(H,57,58)/t34-,35-,36-,37-,40-,41-/m0/s1. The second-order valence-corrected chi connectivity index (χ2v) is 16.8. The van der Waals surface area contributed by atoms with E-state index in [0.29, 0.717) is 6.42 Å². The van der Waals surface area contributed by atoms with Crippen molar-refractivity contribution in [3.05, 3.63) is 83.9 Å². The number of nitrogens with two attached hydrogens (primary N) is 1. The number of carbonyl (C=O) groups excluding carboxylic acids is 5. The van der Waals surface area contributed by atoms with Gasteiger partial charge in [-0.05, 0) is 58.4 Å². The van der Waals surface area contributed by atoms with Crippen molar-refractivity contribution in [2.75, 3.05) is 0 Å².